The van der Waals surface area contributed by atoms with Crippen LogP contribution in [0.2, 0.25) is 0 Å². The summed E-state index contributed by atoms with van der Waals surface area (Å²) in [7, 11) is 0. The van der Waals surface area contributed by atoms with Crippen LogP contribution in [0.5, 0.6) is 0 Å². The first kappa shape index (κ1) is 28.3. The van der Waals surface area contributed by atoms with E-state index in [1.807, 2.05) is 0 Å². The minimum atomic E-state index is -0.452. The highest BCUT2D eigenvalue weighted by Gasteiger charge is 2.16. The lowest BCUT2D eigenvalue weighted by molar-refractivity contribution is 0.0144. The molecule has 0 aromatic heterocycles. The van der Waals surface area contributed by atoms with E-state index < -0.39 is 6.16 Å². The number of rotatable bonds is 20. The van der Waals surface area contributed by atoms with Crippen LogP contribution in [0, 0.1) is 0 Å². The minimum Gasteiger partial charge on any atom is -0.434 e. The van der Waals surface area contributed by atoms with Gasteiger partial charge in [0.25, 0.3) is 0 Å². The number of unbranched alkanes of at least 4 members (excludes halogenated alkanes) is 11. The number of nitrogens with zero attached hydrogens (tertiary/aromatic N) is 1. The molecule has 0 bridgehead atoms. The number of piperidine rings is 1. The fraction of sp³-hybridized carbons (Fsp3) is 0.963. The third-order valence-electron chi connectivity index (χ3n) is 6.56. The molecule has 1 aliphatic heterocycles. The van der Waals surface area contributed by atoms with Crippen molar-refractivity contribution in [3.05, 3.63) is 0 Å². The van der Waals surface area contributed by atoms with E-state index in [2.05, 4.69) is 18.7 Å². The average Bonchev–Trinajstić information content (AvgIpc) is 2.78. The van der Waals surface area contributed by atoms with Crippen molar-refractivity contribution in [1.29, 1.82) is 0 Å². The molecule has 1 fully saturated rings. The SMILES string of the molecule is CCCCCCCCCCCCC(CCCCC)OC(=O)OCCCN1CCCCC1. The van der Waals surface area contributed by atoms with E-state index in [1.165, 1.54) is 103 Å². The van der Waals surface area contributed by atoms with E-state index in [0.717, 1.165) is 38.6 Å². The molecule has 0 aromatic rings. The monoisotopic (exact) mass is 439 g/mol. The molecule has 1 aliphatic rings. The highest BCUT2D eigenvalue weighted by Crippen LogP contribution is 2.17. The van der Waals surface area contributed by atoms with Crippen LogP contribution < -0.4 is 0 Å². The minimum absolute atomic E-state index is 0.0372. The second kappa shape index (κ2) is 21.1. The van der Waals surface area contributed by atoms with Gasteiger partial charge in [0.15, 0.2) is 0 Å². The van der Waals surface area contributed by atoms with Gasteiger partial charge in [-0.05, 0) is 58.0 Å². The summed E-state index contributed by atoms with van der Waals surface area (Å²) in [4.78, 5) is 14.6. The smallest absolute Gasteiger partial charge is 0.434 e. The van der Waals surface area contributed by atoms with Gasteiger partial charge in [-0.3, -0.25) is 0 Å². The lowest BCUT2D eigenvalue weighted by Crippen LogP contribution is -2.31. The number of carbonyl (C=O) groups is 1. The maximum absolute atomic E-state index is 12.2. The summed E-state index contributed by atoms with van der Waals surface area (Å²) in [6.07, 6.45) is 23.4. The lowest BCUT2D eigenvalue weighted by Gasteiger charge is -2.26. The van der Waals surface area contributed by atoms with Crippen LogP contribution in [0.1, 0.15) is 136 Å². The quantitative estimate of drug-likeness (QED) is 0.141. The molecule has 0 saturated carbocycles. The molecular formula is C27H53NO3. The number of hydrogen-bond donors (Lipinski definition) is 0. The van der Waals surface area contributed by atoms with Crippen LogP contribution in [0.3, 0.4) is 0 Å². The maximum Gasteiger partial charge on any atom is 0.508 e. The summed E-state index contributed by atoms with van der Waals surface area (Å²) in [5, 5.41) is 0. The van der Waals surface area contributed by atoms with E-state index in [9.17, 15) is 4.79 Å². The third-order valence-corrected chi connectivity index (χ3v) is 6.56. The molecule has 0 radical (unpaired) electrons. The molecule has 0 N–H and O–H groups in total. The van der Waals surface area contributed by atoms with E-state index in [4.69, 9.17) is 9.47 Å². The second-order valence-electron chi connectivity index (χ2n) is 9.56. The van der Waals surface area contributed by atoms with Gasteiger partial charge in [0, 0.05) is 6.54 Å². The van der Waals surface area contributed by atoms with E-state index in [-0.39, 0.29) is 6.10 Å². The number of ether oxygens (including phenoxy) is 2. The Morgan fingerprint density at radius 2 is 1.23 bits per heavy atom. The Labute approximate surface area is 193 Å². The zero-order valence-electron chi connectivity index (χ0n) is 21.0. The summed E-state index contributed by atoms with van der Waals surface area (Å²) in [6, 6.07) is 0. The van der Waals surface area contributed by atoms with E-state index >= 15 is 0 Å². The van der Waals surface area contributed by atoms with E-state index in [0.29, 0.717) is 6.61 Å². The fourth-order valence-electron chi connectivity index (χ4n) is 4.54. The van der Waals surface area contributed by atoms with Crippen LogP contribution in [0.25, 0.3) is 0 Å². The molecule has 1 rings (SSSR count). The van der Waals surface area contributed by atoms with Crippen molar-refractivity contribution in [2.24, 2.45) is 0 Å². The highest BCUT2D eigenvalue weighted by molar-refractivity contribution is 5.60. The molecule has 1 saturated heterocycles. The van der Waals surface area contributed by atoms with Crippen LogP contribution in [0.4, 0.5) is 4.79 Å². The Hall–Kier alpha value is -0.770. The molecular weight excluding hydrogens is 386 g/mol. The fourth-order valence-corrected chi connectivity index (χ4v) is 4.54. The van der Waals surface area contributed by atoms with Crippen molar-refractivity contribution in [2.45, 2.75) is 142 Å². The van der Waals surface area contributed by atoms with Crippen molar-refractivity contribution in [2.75, 3.05) is 26.2 Å². The van der Waals surface area contributed by atoms with Crippen molar-refractivity contribution in [3.8, 4) is 0 Å². The maximum atomic E-state index is 12.2. The first-order valence-electron chi connectivity index (χ1n) is 13.8. The molecule has 1 unspecified atom stereocenters. The summed E-state index contributed by atoms with van der Waals surface area (Å²) >= 11 is 0. The molecule has 0 amide bonds. The van der Waals surface area contributed by atoms with Gasteiger partial charge in [-0.25, -0.2) is 4.79 Å². The van der Waals surface area contributed by atoms with Gasteiger partial charge < -0.3 is 14.4 Å². The standard InChI is InChI=1S/C27H53NO3/c1-3-5-7-8-9-10-11-12-13-16-21-26(20-15-6-4-2)31-27(29)30-25-19-24-28-22-17-14-18-23-28/h26H,3-25H2,1-2H3. The van der Waals surface area contributed by atoms with E-state index in [1.54, 1.807) is 0 Å². The Morgan fingerprint density at radius 1 is 0.710 bits per heavy atom. The topological polar surface area (TPSA) is 38.8 Å². The van der Waals surface area contributed by atoms with Gasteiger partial charge in [-0.2, -0.15) is 0 Å². The van der Waals surface area contributed by atoms with Crippen molar-refractivity contribution in [3.63, 3.8) is 0 Å². The largest absolute Gasteiger partial charge is 0.508 e. The molecule has 4 heteroatoms. The summed E-state index contributed by atoms with van der Waals surface area (Å²) in [5.74, 6) is 0. The van der Waals surface area contributed by atoms with Gasteiger partial charge in [-0.15, -0.1) is 0 Å². The third kappa shape index (κ3) is 17.5. The average molecular weight is 440 g/mol. The second-order valence-corrected chi connectivity index (χ2v) is 9.56. The molecule has 0 aliphatic carbocycles. The number of carbonyl (C=O) groups excluding carboxylic acids is 1. The summed E-state index contributed by atoms with van der Waals surface area (Å²) in [5.41, 5.74) is 0. The van der Waals surface area contributed by atoms with Gasteiger partial charge in [0.1, 0.15) is 6.10 Å². The summed E-state index contributed by atoms with van der Waals surface area (Å²) in [6.45, 7) is 8.40. The Morgan fingerprint density at radius 3 is 1.84 bits per heavy atom. The molecule has 184 valence electrons. The zero-order valence-corrected chi connectivity index (χ0v) is 21.0. The number of likely N-dealkylation sites (tertiary alicyclic amines) is 1. The van der Waals surface area contributed by atoms with Gasteiger partial charge in [0.05, 0.1) is 6.61 Å². The predicted molar refractivity (Wildman–Crippen MR) is 132 cm³/mol. The van der Waals surface area contributed by atoms with Crippen LogP contribution >= 0.6 is 0 Å². The Kier molecular flexibility index (Phi) is 19.2. The first-order valence-corrected chi connectivity index (χ1v) is 13.8. The Balaban J connectivity index is 2.09. The van der Waals surface area contributed by atoms with Crippen LogP contribution in [-0.4, -0.2) is 43.4 Å². The zero-order chi connectivity index (χ0) is 22.4. The molecule has 0 aromatic carbocycles. The molecule has 31 heavy (non-hydrogen) atoms. The van der Waals surface area contributed by atoms with Gasteiger partial charge in [-0.1, -0.05) is 90.9 Å². The molecule has 4 nitrogen and oxygen atoms in total. The number of hydrogen-bond acceptors (Lipinski definition) is 4. The summed E-state index contributed by atoms with van der Waals surface area (Å²) < 4.78 is 11.1. The normalized spacial score (nSPS) is 15.7. The molecule has 1 heterocycles. The van der Waals surface area contributed by atoms with Gasteiger partial charge >= 0.3 is 6.16 Å². The molecule has 1 atom stereocenters. The lowest BCUT2D eigenvalue weighted by atomic mass is 10.0. The van der Waals surface area contributed by atoms with Crippen LogP contribution in [0.15, 0.2) is 0 Å². The Bertz CT molecular complexity index is 396. The van der Waals surface area contributed by atoms with Crippen molar-refractivity contribution in [1.82, 2.24) is 4.90 Å². The van der Waals surface area contributed by atoms with Crippen LogP contribution in [-0.2, 0) is 9.47 Å². The molecule has 0 spiro atoms. The predicted octanol–water partition coefficient (Wildman–Crippen LogP) is 8.28. The highest BCUT2D eigenvalue weighted by atomic mass is 16.7. The van der Waals surface area contributed by atoms with Crippen molar-refractivity contribution < 1.29 is 14.3 Å². The van der Waals surface area contributed by atoms with Crippen molar-refractivity contribution >= 4 is 6.16 Å². The van der Waals surface area contributed by atoms with Gasteiger partial charge in [0.2, 0.25) is 0 Å². The first-order chi connectivity index (χ1) is 15.3.